The Morgan fingerprint density at radius 3 is 2.65 bits per heavy atom. The number of carbonyl (C=O) groups excluding carboxylic acids is 1. The number of fused-ring (bicyclic) bond motifs is 1. The van der Waals surface area contributed by atoms with Crippen molar-refractivity contribution in [1.82, 2.24) is 14.5 Å². The monoisotopic (exact) mass is 387 g/mol. The van der Waals surface area contributed by atoms with Crippen molar-refractivity contribution in [3.05, 3.63) is 16.5 Å². The Labute approximate surface area is 137 Å². The number of nitrogens with zero attached hydrogens (tertiary/aromatic N) is 3. The minimum Gasteiger partial charge on any atom is -0.394 e. The Hall–Kier alpha value is -1.79. The molecule has 1 aliphatic rings. The first-order valence-corrected chi connectivity index (χ1v) is 7.39. The molecule has 1 saturated heterocycles. The zero-order valence-corrected chi connectivity index (χ0v) is 13.2. The summed E-state index contributed by atoms with van der Waals surface area (Å²) in [4.78, 5) is 19.6. The summed E-state index contributed by atoms with van der Waals surface area (Å²) in [5, 5.41) is 29.5. The number of hydrogen-bond donors (Lipinski definition) is 5. The summed E-state index contributed by atoms with van der Waals surface area (Å²) in [6.07, 6.45) is -3.54. The number of hydrogen-bond acceptors (Lipinski definition) is 8. The van der Waals surface area contributed by atoms with E-state index in [-0.39, 0.29) is 27.0 Å². The van der Waals surface area contributed by atoms with Crippen molar-refractivity contribution < 1.29 is 24.9 Å². The molecule has 10 nitrogen and oxygen atoms in total. The van der Waals surface area contributed by atoms with E-state index in [1.165, 1.54) is 10.9 Å². The number of aliphatic hydroxyl groups is 3. The van der Waals surface area contributed by atoms with Gasteiger partial charge in [-0.05, 0) is 15.9 Å². The largest absolute Gasteiger partial charge is 0.394 e. The van der Waals surface area contributed by atoms with Crippen LogP contribution in [0.1, 0.15) is 16.6 Å². The van der Waals surface area contributed by atoms with Crippen LogP contribution in [0.15, 0.2) is 10.9 Å². The number of carbonyl (C=O) groups is 1. The minimum atomic E-state index is -1.35. The lowest BCUT2D eigenvalue weighted by Gasteiger charge is -2.18. The van der Waals surface area contributed by atoms with Crippen LogP contribution in [-0.2, 0) is 4.74 Å². The first kappa shape index (κ1) is 16.1. The van der Waals surface area contributed by atoms with Gasteiger partial charge >= 0.3 is 0 Å². The molecule has 23 heavy (non-hydrogen) atoms. The molecule has 0 saturated carbocycles. The molecule has 0 unspecified atom stereocenters. The molecule has 0 spiro atoms. The van der Waals surface area contributed by atoms with Crippen molar-refractivity contribution in [3.63, 3.8) is 0 Å². The summed E-state index contributed by atoms with van der Waals surface area (Å²) >= 11 is 3.23. The van der Waals surface area contributed by atoms with E-state index in [4.69, 9.17) is 16.2 Å². The molecule has 3 rings (SSSR count). The number of aromatic nitrogens is 3. The van der Waals surface area contributed by atoms with E-state index in [0.717, 1.165) is 0 Å². The van der Waals surface area contributed by atoms with Crippen molar-refractivity contribution in [3.8, 4) is 0 Å². The van der Waals surface area contributed by atoms with Crippen molar-refractivity contribution in [2.24, 2.45) is 5.73 Å². The van der Waals surface area contributed by atoms with Crippen molar-refractivity contribution in [1.29, 1.82) is 0 Å². The predicted octanol–water partition coefficient (Wildman–Crippen LogP) is -1.51. The fraction of sp³-hybridized carbons (Fsp3) is 0.417. The molecule has 1 aliphatic heterocycles. The van der Waals surface area contributed by atoms with Gasteiger partial charge in [0, 0.05) is 0 Å². The van der Waals surface area contributed by atoms with E-state index in [1.54, 1.807) is 0 Å². The van der Waals surface area contributed by atoms with Gasteiger partial charge in [-0.15, -0.1) is 0 Å². The number of amides is 1. The van der Waals surface area contributed by atoms with E-state index < -0.39 is 37.1 Å². The molecule has 2 aromatic heterocycles. The fourth-order valence-electron chi connectivity index (χ4n) is 2.68. The van der Waals surface area contributed by atoms with E-state index in [0.29, 0.717) is 0 Å². The van der Waals surface area contributed by atoms with E-state index in [1.807, 2.05) is 0 Å². The maximum absolute atomic E-state index is 11.8. The zero-order chi connectivity index (χ0) is 16.9. The van der Waals surface area contributed by atoms with Crippen LogP contribution in [0, 0.1) is 0 Å². The summed E-state index contributed by atoms with van der Waals surface area (Å²) < 4.78 is 7.00. The number of aliphatic hydroxyl groups excluding tert-OH is 3. The Kier molecular flexibility index (Phi) is 3.98. The van der Waals surface area contributed by atoms with Crippen LogP contribution in [0.4, 0.5) is 5.82 Å². The van der Waals surface area contributed by atoms with E-state index in [2.05, 4.69) is 25.9 Å². The van der Waals surface area contributed by atoms with Gasteiger partial charge < -0.3 is 31.5 Å². The Bertz CT molecular complexity index is 781. The zero-order valence-electron chi connectivity index (χ0n) is 11.6. The molecule has 4 atom stereocenters. The standard InChI is InChI=1S/C12H14BrN5O5/c13-8-4(10(15)22)5-9(14)16-2-17-11(5)18(8)12-7(21)6(20)3(1-19)23-12/h2-3,6-7,12,19-21H,1H2,(H2,15,22)(H2,14,16,17)/t3-,6+,7-,12-/m1/s1. The number of nitrogens with two attached hydrogens (primary N) is 2. The summed E-state index contributed by atoms with van der Waals surface area (Å²) in [5.41, 5.74) is 11.4. The van der Waals surface area contributed by atoms with E-state index >= 15 is 0 Å². The number of ether oxygens (including phenoxy) is 1. The molecule has 11 heteroatoms. The number of halogens is 1. The molecule has 7 N–H and O–H groups in total. The Morgan fingerprint density at radius 2 is 2.09 bits per heavy atom. The molecule has 0 radical (unpaired) electrons. The van der Waals surface area contributed by atoms with Gasteiger partial charge in [0.05, 0.1) is 17.6 Å². The van der Waals surface area contributed by atoms with Gasteiger partial charge in [-0.3, -0.25) is 9.36 Å². The summed E-state index contributed by atoms with van der Waals surface area (Å²) in [6.45, 7) is -0.481. The number of primary amides is 1. The fourth-order valence-corrected chi connectivity index (χ4v) is 3.44. The smallest absolute Gasteiger partial charge is 0.252 e. The van der Waals surface area contributed by atoms with E-state index in [9.17, 15) is 20.1 Å². The number of rotatable bonds is 3. The topological polar surface area (TPSA) is 170 Å². The Balaban J connectivity index is 2.25. The lowest BCUT2D eigenvalue weighted by molar-refractivity contribution is -0.0518. The summed E-state index contributed by atoms with van der Waals surface area (Å²) in [5.74, 6) is -0.733. The summed E-state index contributed by atoms with van der Waals surface area (Å²) in [6, 6.07) is 0. The second-order valence-corrected chi connectivity index (χ2v) is 5.84. The van der Waals surface area contributed by atoms with Gasteiger partial charge in [-0.25, -0.2) is 9.97 Å². The van der Waals surface area contributed by atoms with Gasteiger partial charge in [0.25, 0.3) is 5.91 Å². The van der Waals surface area contributed by atoms with Crippen LogP contribution in [0.5, 0.6) is 0 Å². The molecule has 2 aromatic rings. The highest BCUT2D eigenvalue weighted by atomic mass is 79.9. The molecule has 0 aliphatic carbocycles. The van der Waals surface area contributed by atoms with Crippen molar-refractivity contribution in [2.75, 3.05) is 12.3 Å². The molecule has 3 heterocycles. The number of nitrogen functional groups attached to an aromatic ring is 1. The average molecular weight is 388 g/mol. The van der Waals surface area contributed by atoms with Crippen LogP contribution >= 0.6 is 15.9 Å². The maximum atomic E-state index is 11.8. The molecular formula is C12H14BrN5O5. The predicted molar refractivity (Wildman–Crippen MR) is 81.2 cm³/mol. The normalized spacial score (nSPS) is 27.7. The van der Waals surface area contributed by atoms with Crippen LogP contribution in [0.25, 0.3) is 11.0 Å². The van der Waals surface area contributed by atoms with Crippen molar-refractivity contribution >= 4 is 38.7 Å². The van der Waals surface area contributed by atoms with Gasteiger partial charge in [0.2, 0.25) is 0 Å². The third-order valence-electron chi connectivity index (χ3n) is 3.77. The Morgan fingerprint density at radius 1 is 1.39 bits per heavy atom. The third kappa shape index (κ3) is 2.28. The van der Waals surface area contributed by atoms with Crippen LogP contribution in [0.3, 0.4) is 0 Å². The highest BCUT2D eigenvalue weighted by Gasteiger charge is 2.45. The van der Waals surface area contributed by atoms with Gasteiger partial charge in [0.1, 0.15) is 40.7 Å². The molecule has 1 fully saturated rings. The highest BCUT2D eigenvalue weighted by molar-refractivity contribution is 9.10. The molecule has 124 valence electrons. The number of anilines is 1. The molecular weight excluding hydrogens is 374 g/mol. The van der Waals surface area contributed by atoms with Gasteiger partial charge in [0.15, 0.2) is 6.23 Å². The van der Waals surface area contributed by atoms with Gasteiger partial charge in [-0.2, -0.15) is 0 Å². The molecule has 1 amide bonds. The lowest BCUT2D eigenvalue weighted by atomic mass is 10.1. The molecule has 0 bridgehead atoms. The third-order valence-corrected chi connectivity index (χ3v) is 4.55. The van der Waals surface area contributed by atoms with Gasteiger partial charge in [-0.1, -0.05) is 0 Å². The van der Waals surface area contributed by atoms with Crippen molar-refractivity contribution in [2.45, 2.75) is 24.5 Å². The van der Waals surface area contributed by atoms with Crippen LogP contribution < -0.4 is 11.5 Å². The lowest BCUT2D eigenvalue weighted by Crippen LogP contribution is -2.33. The van der Waals surface area contributed by atoms with Crippen LogP contribution in [0.2, 0.25) is 0 Å². The van der Waals surface area contributed by atoms with Crippen LogP contribution in [-0.4, -0.2) is 60.7 Å². The average Bonchev–Trinajstić information content (AvgIpc) is 2.95. The maximum Gasteiger partial charge on any atom is 0.252 e. The minimum absolute atomic E-state index is 0.0370. The second kappa shape index (κ2) is 5.69. The second-order valence-electron chi connectivity index (χ2n) is 5.09. The molecule has 0 aromatic carbocycles. The quantitative estimate of drug-likeness (QED) is 0.422. The first-order valence-electron chi connectivity index (χ1n) is 6.60. The first-order chi connectivity index (χ1) is 10.9. The SMILES string of the molecule is NC(=O)c1c(Br)n([C@@H]2O[C@H](CO)[C@H](O)[C@H]2O)c2ncnc(N)c12. The summed E-state index contributed by atoms with van der Waals surface area (Å²) in [7, 11) is 0. The highest BCUT2D eigenvalue weighted by Crippen LogP contribution is 2.39.